The van der Waals surface area contributed by atoms with Gasteiger partial charge in [0, 0.05) is 6.04 Å². The first-order valence-corrected chi connectivity index (χ1v) is 7.93. The van der Waals surface area contributed by atoms with Crippen LogP contribution in [0.5, 0.6) is 0 Å². The van der Waals surface area contributed by atoms with E-state index in [1.165, 1.54) is 0 Å². The lowest BCUT2D eigenvalue weighted by Gasteiger charge is -2.20. The Labute approximate surface area is 145 Å². The summed E-state index contributed by atoms with van der Waals surface area (Å²) in [6, 6.07) is 0.129. The molecule has 2 aliphatic rings. The van der Waals surface area contributed by atoms with Crippen LogP contribution in [0, 0.1) is 17.5 Å². The number of amides is 5. The largest absolute Gasteiger partial charge is 0.334 e. The maximum atomic E-state index is 13.6. The van der Waals surface area contributed by atoms with Crippen molar-refractivity contribution in [3.63, 3.8) is 0 Å². The number of urea groups is 1. The third-order valence-electron chi connectivity index (χ3n) is 4.38. The molecular weight excluding hydrogens is 355 g/mol. The maximum absolute atomic E-state index is 13.6. The number of nitrogens with zero attached hydrogens (tertiary/aromatic N) is 2. The van der Waals surface area contributed by atoms with E-state index in [1.54, 1.807) is 0 Å². The summed E-state index contributed by atoms with van der Waals surface area (Å²) in [5, 5.41) is 1.95. The molecule has 0 spiro atoms. The number of rotatable bonds is 4. The number of imide groups is 2. The molecule has 0 atom stereocenters. The number of halogens is 3. The van der Waals surface area contributed by atoms with Gasteiger partial charge in [-0.05, 0) is 25.0 Å². The number of benzene rings is 1. The Morgan fingerprint density at radius 1 is 1.04 bits per heavy atom. The molecule has 1 aromatic rings. The van der Waals surface area contributed by atoms with Crippen molar-refractivity contribution in [3.05, 3.63) is 29.6 Å². The van der Waals surface area contributed by atoms with Crippen molar-refractivity contribution in [3.8, 4) is 0 Å². The van der Waals surface area contributed by atoms with E-state index >= 15 is 0 Å². The number of anilines is 1. The Kier molecular flexibility index (Phi) is 4.66. The van der Waals surface area contributed by atoms with Crippen LogP contribution in [0.1, 0.15) is 25.7 Å². The topological polar surface area (TPSA) is 86.8 Å². The zero-order chi connectivity index (χ0) is 19.0. The first-order chi connectivity index (χ1) is 12.3. The van der Waals surface area contributed by atoms with Crippen LogP contribution >= 0.6 is 0 Å². The highest BCUT2D eigenvalue weighted by molar-refractivity contribution is 6.45. The van der Waals surface area contributed by atoms with Gasteiger partial charge in [-0.3, -0.25) is 19.3 Å². The zero-order valence-corrected chi connectivity index (χ0v) is 13.4. The third-order valence-corrected chi connectivity index (χ3v) is 4.38. The average molecular weight is 369 g/mol. The summed E-state index contributed by atoms with van der Waals surface area (Å²) in [4.78, 5) is 49.6. The molecule has 10 heteroatoms. The molecule has 138 valence electrons. The van der Waals surface area contributed by atoms with Crippen molar-refractivity contribution in [1.82, 2.24) is 9.80 Å². The molecule has 1 aromatic carbocycles. The average Bonchev–Trinajstić information content (AvgIpc) is 3.19. The highest BCUT2D eigenvalue weighted by Gasteiger charge is 2.48. The molecule has 1 N–H and O–H groups in total. The molecule has 1 heterocycles. The number of carbonyl (C=O) groups is 4. The molecule has 7 nitrogen and oxygen atoms in total. The number of hydrogen-bond acceptors (Lipinski definition) is 4. The summed E-state index contributed by atoms with van der Waals surface area (Å²) in [6.07, 6.45) is 2.83. The molecule has 1 aliphatic carbocycles. The van der Waals surface area contributed by atoms with Gasteiger partial charge in [-0.1, -0.05) is 12.8 Å². The van der Waals surface area contributed by atoms with Crippen LogP contribution in [-0.2, 0) is 14.4 Å². The van der Waals surface area contributed by atoms with E-state index in [0.717, 1.165) is 23.8 Å². The van der Waals surface area contributed by atoms with Crippen molar-refractivity contribution in [1.29, 1.82) is 0 Å². The van der Waals surface area contributed by atoms with Gasteiger partial charge in [0.05, 0.1) is 5.69 Å². The predicted octanol–water partition coefficient (Wildman–Crippen LogP) is 1.78. The second kappa shape index (κ2) is 6.77. The van der Waals surface area contributed by atoms with Crippen LogP contribution in [0.15, 0.2) is 12.1 Å². The summed E-state index contributed by atoms with van der Waals surface area (Å²) in [7, 11) is 0. The lowest BCUT2D eigenvalue weighted by atomic mass is 10.2. The summed E-state index contributed by atoms with van der Waals surface area (Å²) in [6.45, 7) is -0.842. The highest BCUT2D eigenvalue weighted by atomic mass is 19.2. The predicted molar refractivity (Wildman–Crippen MR) is 81.2 cm³/mol. The maximum Gasteiger partial charge on any atom is 0.334 e. The van der Waals surface area contributed by atoms with Crippen LogP contribution in [0.4, 0.5) is 23.7 Å². The molecule has 1 aliphatic heterocycles. The van der Waals surface area contributed by atoms with E-state index in [2.05, 4.69) is 0 Å². The molecular formula is C16H14F3N3O4. The van der Waals surface area contributed by atoms with E-state index in [1.807, 2.05) is 5.32 Å². The normalized spacial score (nSPS) is 18.2. The van der Waals surface area contributed by atoms with Crippen molar-refractivity contribution < 1.29 is 32.3 Å². The SMILES string of the molecule is O=C(CN1C(=O)C(=O)N(C2CCCC2)C1=O)Nc1ccc(F)c(F)c1F. The molecule has 26 heavy (non-hydrogen) atoms. The first-order valence-electron chi connectivity index (χ1n) is 7.93. The Balaban J connectivity index is 1.71. The highest BCUT2D eigenvalue weighted by Crippen LogP contribution is 2.27. The fourth-order valence-electron chi connectivity index (χ4n) is 3.10. The summed E-state index contributed by atoms with van der Waals surface area (Å²) in [5.74, 6) is -7.99. The molecule has 5 amide bonds. The first kappa shape index (κ1) is 17.9. The van der Waals surface area contributed by atoms with Crippen molar-refractivity contribution in [2.75, 3.05) is 11.9 Å². The van der Waals surface area contributed by atoms with Crippen LogP contribution in [0.2, 0.25) is 0 Å². The molecule has 0 unspecified atom stereocenters. The summed E-state index contributed by atoms with van der Waals surface area (Å²) < 4.78 is 39.6. The second-order valence-electron chi connectivity index (χ2n) is 6.06. The minimum Gasteiger partial charge on any atom is -0.322 e. The van der Waals surface area contributed by atoms with Gasteiger partial charge in [0.2, 0.25) is 5.91 Å². The van der Waals surface area contributed by atoms with Crippen molar-refractivity contribution in [2.45, 2.75) is 31.7 Å². The fraction of sp³-hybridized carbons (Fsp3) is 0.375. The third kappa shape index (κ3) is 3.02. The van der Waals surface area contributed by atoms with E-state index in [4.69, 9.17) is 0 Å². The Hall–Kier alpha value is -2.91. The lowest BCUT2D eigenvalue weighted by Crippen LogP contribution is -2.41. The number of carbonyl (C=O) groups excluding carboxylic acids is 4. The van der Waals surface area contributed by atoms with E-state index in [9.17, 15) is 32.3 Å². The molecule has 0 aromatic heterocycles. The van der Waals surface area contributed by atoms with Gasteiger partial charge in [-0.2, -0.15) is 0 Å². The zero-order valence-electron chi connectivity index (χ0n) is 13.4. The Morgan fingerprint density at radius 2 is 1.69 bits per heavy atom. The Morgan fingerprint density at radius 3 is 2.35 bits per heavy atom. The molecule has 2 fully saturated rings. The standard InChI is InChI=1S/C16H14F3N3O4/c17-9-5-6-10(13(19)12(9)18)20-11(23)7-21-14(24)15(25)22(16(21)26)8-3-1-2-4-8/h5-6,8H,1-4,7H2,(H,20,23). The fourth-order valence-corrected chi connectivity index (χ4v) is 3.10. The summed E-state index contributed by atoms with van der Waals surface area (Å²) in [5.41, 5.74) is -0.646. The van der Waals surface area contributed by atoms with Gasteiger partial charge in [0.25, 0.3) is 0 Å². The summed E-state index contributed by atoms with van der Waals surface area (Å²) >= 11 is 0. The van der Waals surface area contributed by atoms with Crippen LogP contribution < -0.4 is 5.32 Å². The van der Waals surface area contributed by atoms with E-state index < -0.39 is 53.4 Å². The van der Waals surface area contributed by atoms with Gasteiger partial charge < -0.3 is 5.32 Å². The number of nitrogens with one attached hydrogen (secondary N) is 1. The van der Waals surface area contributed by atoms with Crippen LogP contribution in [-0.4, -0.2) is 46.1 Å². The van der Waals surface area contributed by atoms with Gasteiger partial charge in [-0.25, -0.2) is 22.9 Å². The minimum absolute atomic E-state index is 0.379. The van der Waals surface area contributed by atoms with Crippen molar-refractivity contribution in [2.24, 2.45) is 0 Å². The van der Waals surface area contributed by atoms with Gasteiger partial charge >= 0.3 is 17.8 Å². The quantitative estimate of drug-likeness (QED) is 0.498. The van der Waals surface area contributed by atoms with Gasteiger partial charge in [0.1, 0.15) is 6.54 Å². The monoisotopic (exact) mass is 369 g/mol. The van der Waals surface area contributed by atoms with Crippen LogP contribution in [0.25, 0.3) is 0 Å². The smallest absolute Gasteiger partial charge is 0.322 e. The minimum atomic E-state index is -1.77. The molecule has 0 bridgehead atoms. The molecule has 1 saturated carbocycles. The van der Waals surface area contributed by atoms with Gasteiger partial charge in [0.15, 0.2) is 17.5 Å². The van der Waals surface area contributed by atoms with Gasteiger partial charge in [-0.15, -0.1) is 0 Å². The molecule has 1 saturated heterocycles. The molecule has 3 rings (SSSR count). The van der Waals surface area contributed by atoms with Crippen molar-refractivity contribution >= 4 is 29.4 Å². The van der Waals surface area contributed by atoms with E-state index in [0.29, 0.717) is 23.8 Å². The molecule has 0 radical (unpaired) electrons. The lowest BCUT2D eigenvalue weighted by molar-refractivity contribution is -0.144. The van der Waals surface area contributed by atoms with E-state index in [-0.39, 0.29) is 6.04 Å². The second-order valence-corrected chi connectivity index (χ2v) is 6.06. The number of hydrogen-bond donors (Lipinski definition) is 1. The Bertz CT molecular complexity index is 808. The van der Waals surface area contributed by atoms with Crippen LogP contribution in [0.3, 0.4) is 0 Å².